The van der Waals surface area contributed by atoms with E-state index < -0.39 is 0 Å². The Morgan fingerprint density at radius 3 is 2.81 bits per heavy atom. The van der Waals surface area contributed by atoms with Crippen LogP contribution < -0.4 is 11.3 Å². The van der Waals surface area contributed by atoms with E-state index >= 15 is 0 Å². The summed E-state index contributed by atoms with van der Waals surface area (Å²) >= 11 is 1.79. The molecule has 3 heteroatoms. The van der Waals surface area contributed by atoms with Crippen molar-refractivity contribution in [2.24, 2.45) is 11.8 Å². The van der Waals surface area contributed by atoms with Crippen LogP contribution in [0.4, 0.5) is 0 Å². The van der Waals surface area contributed by atoms with Crippen molar-refractivity contribution in [2.75, 3.05) is 0 Å². The van der Waals surface area contributed by atoms with Crippen LogP contribution in [0, 0.1) is 5.92 Å². The van der Waals surface area contributed by atoms with Crippen LogP contribution in [-0.2, 0) is 0 Å². The molecule has 86 valence electrons. The predicted octanol–water partition coefficient (Wildman–Crippen LogP) is 3.45. The van der Waals surface area contributed by atoms with Gasteiger partial charge in [0.05, 0.1) is 0 Å². The summed E-state index contributed by atoms with van der Waals surface area (Å²) in [4.78, 5) is 0. The molecule has 16 heavy (non-hydrogen) atoms. The monoisotopic (exact) mass is 234 g/mol. The van der Waals surface area contributed by atoms with Crippen molar-refractivity contribution in [2.45, 2.75) is 26.3 Å². The Balaban J connectivity index is 2.40. The second-order valence-electron chi connectivity index (χ2n) is 4.53. The lowest BCUT2D eigenvalue weighted by molar-refractivity contribution is 0.440. The van der Waals surface area contributed by atoms with Crippen molar-refractivity contribution in [3.63, 3.8) is 0 Å². The summed E-state index contributed by atoms with van der Waals surface area (Å²) in [6.07, 6.45) is 1.06. The first-order chi connectivity index (χ1) is 7.72. The number of nitrogens with two attached hydrogens (primary N) is 1. The fourth-order valence-electron chi connectivity index (χ4n) is 2.05. The number of hydrogen-bond donors (Lipinski definition) is 2. The van der Waals surface area contributed by atoms with Gasteiger partial charge in [-0.3, -0.25) is 11.3 Å². The fourth-order valence-corrected chi connectivity index (χ4v) is 3.02. The molecular weight excluding hydrogens is 216 g/mol. The first-order valence-electron chi connectivity index (χ1n) is 5.64. The van der Waals surface area contributed by atoms with Crippen LogP contribution in [0.1, 0.15) is 31.9 Å². The van der Waals surface area contributed by atoms with E-state index in [0.717, 1.165) is 6.42 Å². The Morgan fingerprint density at radius 1 is 1.31 bits per heavy atom. The quantitative estimate of drug-likeness (QED) is 0.628. The third-order valence-corrected chi connectivity index (χ3v) is 3.77. The molecule has 2 aromatic rings. The normalized spacial score (nSPS) is 13.5. The van der Waals surface area contributed by atoms with Gasteiger partial charge in [0.1, 0.15) is 0 Å². The highest BCUT2D eigenvalue weighted by Gasteiger charge is 2.14. The molecule has 0 bridgehead atoms. The summed E-state index contributed by atoms with van der Waals surface area (Å²) in [6, 6.07) is 8.84. The Labute approximate surface area is 100 Å². The van der Waals surface area contributed by atoms with E-state index in [9.17, 15) is 0 Å². The van der Waals surface area contributed by atoms with Crippen molar-refractivity contribution in [1.82, 2.24) is 5.43 Å². The molecule has 1 heterocycles. The second kappa shape index (κ2) is 4.95. The topological polar surface area (TPSA) is 38.0 Å². The minimum Gasteiger partial charge on any atom is -0.271 e. The van der Waals surface area contributed by atoms with E-state index in [4.69, 9.17) is 5.84 Å². The smallest absolute Gasteiger partial charge is 0.0476 e. The second-order valence-corrected chi connectivity index (χ2v) is 5.45. The SMILES string of the molecule is CC(C)CC(NN)c1cccc2ccsc12. The van der Waals surface area contributed by atoms with Gasteiger partial charge in [-0.25, -0.2) is 0 Å². The van der Waals surface area contributed by atoms with Gasteiger partial charge in [-0.05, 0) is 34.7 Å². The summed E-state index contributed by atoms with van der Waals surface area (Å²) in [5.41, 5.74) is 4.26. The van der Waals surface area contributed by atoms with E-state index in [0.29, 0.717) is 5.92 Å². The molecule has 1 unspecified atom stereocenters. The van der Waals surface area contributed by atoms with Gasteiger partial charge in [0, 0.05) is 10.7 Å². The molecule has 0 amide bonds. The minimum atomic E-state index is 0.252. The number of fused-ring (bicyclic) bond motifs is 1. The molecule has 1 aromatic carbocycles. The molecule has 2 rings (SSSR count). The van der Waals surface area contributed by atoms with Gasteiger partial charge in [0.25, 0.3) is 0 Å². The van der Waals surface area contributed by atoms with Crippen LogP contribution in [-0.4, -0.2) is 0 Å². The van der Waals surface area contributed by atoms with Crippen LogP contribution >= 0.6 is 11.3 Å². The van der Waals surface area contributed by atoms with Gasteiger partial charge in [0.15, 0.2) is 0 Å². The molecule has 1 aromatic heterocycles. The third kappa shape index (κ3) is 2.26. The van der Waals surface area contributed by atoms with Gasteiger partial charge in [0.2, 0.25) is 0 Å². The number of benzene rings is 1. The highest BCUT2D eigenvalue weighted by Crippen LogP contribution is 2.31. The van der Waals surface area contributed by atoms with E-state index in [1.165, 1.54) is 15.6 Å². The van der Waals surface area contributed by atoms with E-state index in [2.05, 4.69) is 48.9 Å². The van der Waals surface area contributed by atoms with E-state index in [-0.39, 0.29) is 6.04 Å². The molecule has 1 atom stereocenters. The maximum Gasteiger partial charge on any atom is 0.0476 e. The van der Waals surface area contributed by atoms with Gasteiger partial charge in [-0.1, -0.05) is 32.0 Å². The highest BCUT2D eigenvalue weighted by atomic mass is 32.1. The average molecular weight is 234 g/mol. The first kappa shape index (κ1) is 11.6. The molecule has 0 aliphatic rings. The number of hydrazine groups is 1. The zero-order valence-electron chi connectivity index (χ0n) is 9.73. The summed E-state index contributed by atoms with van der Waals surface area (Å²) in [5.74, 6) is 6.30. The number of thiophene rings is 1. The van der Waals surface area contributed by atoms with E-state index in [1.807, 2.05) is 0 Å². The largest absolute Gasteiger partial charge is 0.271 e. The Morgan fingerprint density at radius 2 is 2.12 bits per heavy atom. The Bertz CT molecular complexity index is 462. The Kier molecular flexibility index (Phi) is 3.59. The average Bonchev–Trinajstić information content (AvgIpc) is 2.73. The maximum atomic E-state index is 5.67. The lowest BCUT2D eigenvalue weighted by atomic mass is 9.97. The summed E-state index contributed by atoms with van der Waals surface area (Å²) < 4.78 is 1.35. The van der Waals surface area contributed by atoms with Crippen molar-refractivity contribution >= 4 is 21.4 Å². The number of nitrogens with one attached hydrogen (secondary N) is 1. The zero-order valence-corrected chi connectivity index (χ0v) is 10.6. The van der Waals surface area contributed by atoms with Crippen molar-refractivity contribution < 1.29 is 0 Å². The molecule has 3 N–H and O–H groups in total. The summed E-state index contributed by atoms with van der Waals surface area (Å²) in [7, 11) is 0. The van der Waals surface area contributed by atoms with Crippen molar-refractivity contribution in [3.8, 4) is 0 Å². The zero-order chi connectivity index (χ0) is 11.5. The van der Waals surface area contributed by atoms with Crippen molar-refractivity contribution in [1.29, 1.82) is 0 Å². The fraction of sp³-hybridized carbons (Fsp3) is 0.385. The molecule has 0 radical (unpaired) electrons. The van der Waals surface area contributed by atoms with Crippen LogP contribution in [0.5, 0.6) is 0 Å². The molecule has 0 aliphatic heterocycles. The number of rotatable bonds is 4. The van der Waals surface area contributed by atoms with E-state index in [1.54, 1.807) is 11.3 Å². The molecule has 2 nitrogen and oxygen atoms in total. The molecule has 0 saturated heterocycles. The van der Waals surface area contributed by atoms with Gasteiger partial charge in [-0.15, -0.1) is 11.3 Å². The highest BCUT2D eigenvalue weighted by molar-refractivity contribution is 7.17. The van der Waals surface area contributed by atoms with Crippen LogP contribution in [0.15, 0.2) is 29.6 Å². The Hall–Kier alpha value is -0.900. The minimum absolute atomic E-state index is 0.252. The third-order valence-electron chi connectivity index (χ3n) is 2.79. The summed E-state index contributed by atoms with van der Waals surface area (Å²) in [5, 5.41) is 3.45. The molecule has 0 spiro atoms. The lowest BCUT2D eigenvalue weighted by Crippen LogP contribution is -2.29. The maximum absolute atomic E-state index is 5.67. The first-order valence-corrected chi connectivity index (χ1v) is 6.52. The van der Waals surface area contributed by atoms with Crippen molar-refractivity contribution in [3.05, 3.63) is 35.2 Å². The number of hydrogen-bond acceptors (Lipinski definition) is 3. The molecule has 0 aliphatic carbocycles. The standard InChI is InChI=1S/C13H18N2S/c1-9(2)8-12(15-14)11-5-3-4-10-6-7-16-13(10)11/h3-7,9,12,15H,8,14H2,1-2H3. The van der Waals surface area contributed by atoms with Crippen LogP contribution in [0.25, 0.3) is 10.1 Å². The summed E-state index contributed by atoms with van der Waals surface area (Å²) in [6.45, 7) is 4.44. The van der Waals surface area contributed by atoms with Gasteiger partial charge in [-0.2, -0.15) is 0 Å². The molecule has 0 fully saturated rings. The van der Waals surface area contributed by atoms with Gasteiger partial charge < -0.3 is 0 Å². The molecular formula is C13H18N2S. The molecule has 0 saturated carbocycles. The van der Waals surface area contributed by atoms with Crippen LogP contribution in [0.2, 0.25) is 0 Å². The van der Waals surface area contributed by atoms with Gasteiger partial charge >= 0.3 is 0 Å². The van der Waals surface area contributed by atoms with Crippen LogP contribution in [0.3, 0.4) is 0 Å². The predicted molar refractivity (Wildman–Crippen MR) is 71.3 cm³/mol. The lowest BCUT2D eigenvalue weighted by Gasteiger charge is -2.19.